The van der Waals surface area contributed by atoms with Gasteiger partial charge in [-0.15, -0.1) is 11.3 Å². The van der Waals surface area contributed by atoms with Gasteiger partial charge in [0.15, 0.2) is 5.82 Å². The number of aromatic amines is 1. The second-order valence-electron chi connectivity index (χ2n) is 6.11. The Morgan fingerprint density at radius 3 is 2.73 bits per heavy atom. The van der Waals surface area contributed by atoms with Gasteiger partial charge in [0.25, 0.3) is 5.56 Å². The molecule has 2 aromatic heterocycles. The molecule has 0 fully saturated rings. The van der Waals surface area contributed by atoms with Gasteiger partial charge in [-0.3, -0.25) is 4.79 Å². The van der Waals surface area contributed by atoms with E-state index >= 15 is 0 Å². The highest BCUT2D eigenvalue weighted by atomic mass is 32.1. The summed E-state index contributed by atoms with van der Waals surface area (Å²) in [5.74, 6) is -1.55. The lowest BCUT2D eigenvalue weighted by Gasteiger charge is -2.09. The van der Waals surface area contributed by atoms with Crippen molar-refractivity contribution in [2.24, 2.45) is 0 Å². The highest BCUT2D eigenvalue weighted by molar-refractivity contribution is 7.18. The van der Waals surface area contributed by atoms with Gasteiger partial charge in [0.05, 0.1) is 11.0 Å². The van der Waals surface area contributed by atoms with Crippen LogP contribution in [0.15, 0.2) is 23.0 Å². The van der Waals surface area contributed by atoms with E-state index in [0.29, 0.717) is 10.2 Å². The standard InChI is InChI=1S/C19H13F2N3OS/c20-13-5-3-6-14(21)12(13)8-10(9-22)17-23-18(25)16-11-4-1-2-7-15(11)26-19(16)24-17/h3,5-6,8H,1-2,4,7H2,(H,23,24,25)/b10-8+. The molecule has 1 aliphatic rings. The Kier molecular flexibility index (Phi) is 4.13. The van der Waals surface area contributed by atoms with E-state index in [1.54, 1.807) is 0 Å². The number of nitrogens with one attached hydrogen (secondary N) is 1. The Labute approximate surface area is 151 Å². The molecular weight excluding hydrogens is 356 g/mol. The zero-order valence-electron chi connectivity index (χ0n) is 13.6. The van der Waals surface area contributed by atoms with Gasteiger partial charge in [0, 0.05) is 10.4 Å². The summed E-state index contributed by atoms with van der Waals surface area (Å²) in [5.41, 5.74) is 0.287. The molecule has 0 saturated heterocycles. The number of benzene rings is 1. The molecule has 0 unspecified atom stereocenters. The fraction of sp³-hybridized carbons (Fsp3) is 0.211. The molecule has 3 aromatic rings. The van der Waals surface area contributed by atoms with Gasteiger partial charge in [-0.05, 0) is 49.5 Å². The van der Waals surface area contributed by atoms with Crippen LogP contribution in [0.5, 0.6) is 0 Å². The van der Waals surface area contributed by atoms with Crippen molar-refractivity contribution in [3.8, 4) is 6.07 Å². The molecule has 1 aliphatic carbocycles. The highest BCUT2D eigenvalue weighted by Gasteiger charge is 2.20. The quantitative estimate of drug-likeness (QED) is 0.688. The van der Waals surface area contributed by atoms with Crippen LogP contribution in [0.2, 0.25) is 0 Å². The number of thiophene rings is 1. The Hall–Kier alpha value is -2.85. The zero-order valence-corrected chi connectivity index (χ0v) is 14.4. The molecule has 4 rings (SSSR count). The lowest BCUT2D eigenvalue weighted by atomic mass is 9.97. The molecule has 0 saturated carbocycles. The number of halogens is 2. The Bertz CT molecular complexity index is 1130. The third-order valence-electron chi connectivity index (χ3n) is 4.49. The fourth-order valence-electron chi connectivity index (χ4n) is 3.24. The smallest absolute Gasteiger partial charge is 0.260 e. The molecule has 0 atom stereocenters. The largest absolute Gasteiger partial charge is 0.305 e. The van der Waals surface area contributed by atoms with E-state index in [-0.39, 0.29) is 22.5 Å². The maximum absolute atomic E-state index is 13.9. The van der Waals surface area contributed by atoms with Crippen LogP contribution in [0.4, 0.5) is 8.78 Å². The van der Waals surface area contributed by atoms with Gasteiger partial charge in [-0.2, -0.15) is 5.26 Å². The minimum absolute atomic E-state index is 0.0197. The van der Waals surface area contributed by atoms with Gasteiger partial charge < -0.3 is 4.98 Å². The lowest BCUT2D eigenvalue weighted by Crippen LogP contribution is -2.12. The predicted octanol–water partition coefficient (Wildman–Crippen LogP) is 4.21. The van der Waals surface area contributed by atoms with Crippen molar-refractivity contribution in [2.45, 2.75) is 25.7 Å². The van der Waals surface area contributed by atoms with Crippen molar-refractivity contribution in [2.75, 3.05) is 0 Å². The molecule has 1 N–H and O–H groups in total. The number of hydrogen-bond acceptors (Lipinski definition) is 4. The second-order valence-corrected chi connectivity index (χ2v) is 7.19. The third kappa shape index (κ3) is 2.72. The Morgan fingerprint density at radius 1 is 1.27 bits per heavy atom. The summed E-state index contributed by atoms with van der Waals surface area (Å²) in [4.78, 5) is 21.3. The van der Waals surface area contributed by atoms with E-state index in [4.69, 9.17) is 0 Å². The molecule has 0 radical (unpaired) electrons. The summed E-state index contributed by atoms with van der Waals surface area (Å²) in [7, 11) is 0. The van der Waals surface area contributed by atoms with Crippen LogP contribution >= 0.6 is 11.3 Å². The van der Waals surface area contributed by atoms with E-state index in [2.05, 4.69) is 9.97 Å². The van der Waals surface area contributed by atoms with Crippen LogP contribution in [0.3, 0.4) is 0 Å². The van der Waals surface area contributed by atoms with E-state index in [0.717, 1.165) is 54.3 Å². The SMILES string of the molecule is N#C/C(=C\c1c(F)cccc1F)c1nc2sc3c(c2c(=O)[nH]1)CCCC3. The first-order valence-corrected chi connectivity index (χ1v) is 9.01. The maximum Gasteiger partial charge on any atom is 0.260 e. The van der Waals surface area contributed by atoms with Gasteiger partial charge in [-0.1, -0.05) is 6.07 Å². The Balaban J connectivity index is 1.89. The van der Waals surface area contributed by atoms with E-state index in [1.807, 2.05) is 6.07 Å². The topological polar surface area (TPSA) is 69.5 Å². The van der Waals surface area contributed by atoms with E-state index in [9.17, 15) is 18.8 Å². The number of nitrogens with zero attached hydrogens (tertiary/aromatic N) is 2. The summed E-state index contributed by atoms with van der Waals surface area (Å²) in [6, 6.07) is 5.34. The number of nitriles is 1. The predicted molar refractivity (Wildman–Crippen MR) is 96.7 cm³/mol. The van der Waals surface area contributed by atoms with Crippen molar-refractivity contribution in [3.63, 3.8) is 0 Å². The molecule has 0 aliphatic heterocycles. The lowest BCUT2D eigenvalue weighted by molar-refractivity contribution is 0.579. The first-order chi connectivity index (χ1) is 12.6. The van der Waals surface area contributed by atoms with Gasteiger partial charge in [-0.25, -0.2) is 13.8 Å². The number of hydrogen-bond donors (Lipinski definition) is 1. The minimum atomic E-state index is -0.784. The fourth-order valence-corrected chi connectivity index (χ4v) is 4.50. The molecule has 1 aromatic carbocycles. The van der Waals surface area contributed by atoms with Crippen molar-refractivity contribution in [1.82, 2.24) is 9.97 Å². The molecule has 0 amide bonds. The van der Waals surface area contributed by atoms with Gasteiger partial charge >= 0.3 is 0 Å². The second kappa shape index (κ2) is 6.46. The maximum atomic E-state index is 13.9. The van der Waals surface area contributed by atoms with E-state index in [1.165, 1.54) is 17.4 Å². The van der Waals surface area contributed by atoms with Crippen LogP contribution in [0.1, 0.15) is 34.7 Å². The number of fused-ring (bicyclic) bond motifs is 3. The Morgan fingerprint density at radius 2 is 2.00 bits per heavy atom. The molecule has 130 valence electrons. The van der Waals surface area contributed by atoms with Crippen LogP contribution in [0.25, 0.3) is 21.9 Å². The minimum Gasteiger partial charge on any atom is -0.305 e. The molecule has 7 heteroatoms. The molecule has 4 nitrogen and oxygen atoms in total. The first-order valence-electron chi connectivity index (χ1n) is 8.19. The van der Waals surface area contributed by atoms with Gasteiger partial charge in [0.2, 0.25) is 0 Å². The first kappa shape index (κ1) is 16.6. The summed E-state index contributed by atoms with van der Waals surface area (Å²) < 4.78 is 27.7. The number of rotatable bonds is 2. The highest BCUT2D eigenvalue weighted by Crippen LogP contribution is 2.34. The molecular formula is C19H13F2N3OS. The molecule has 0 spiro atoms. The van der Waals surface area contributed by atoms with E-state index < -0.39 is 11.6 Å². The summed E-state index contributed by atoms with van der Waals surface area (Å²) >= 11 is 1.45. The van der Waals surface area contributed by atoms with Gasteiger partial charge in [0.1, 0.15) is 22.5 Å². The number of aryl methyl sites for hydroxylation is 2. The monoisotopic (exact) mass is 369 g/mol. The molecule has 0 bridgehead atoms. The third-order valence-corrected chi connectivity index (χ3v) is 5.67. The normalized spacial score (nSPS) is 14.3. The van der Waals surface area contributed by atoms with Crippen molar-refractivity contribution < 1.29 is 8.78 Å². The number of aromatic nitrogens is 2. The average Bonchev–Trinajstić information content (AvgIpc) is 3.00. The summed E-state index contributed by atoms with van der Waals surface area (Å²) in [6.45, 7) is 0. The van der Waals surface area contributed by atoms with Crippen LogP contribution in [-0.4, -0.2) is 9.97 Å². The molecule has 2 heterocycles. The number of allylic oxidation sites excluding steroid dienone is 1. The summed E-state index contributed by atoms with van der Waals surface area (Å²) in [6.07, 6.45) is 4.96. The zero-order chi connectivity index (χ0) is 18.3. The van der Waals surface area contributed by atoms with Crippen LogP contribution in [0, 0.1) is 23.0 Å². The number of H-pyrrole nitrogens is 1. The van der Waals surface area contributed by atoms with Crippen molar-refractivity contribution in [1.29, 1.82) is 5.26 Å². The average molecular weight is 369 g/mol. The molecule has 26 heavy (non-hydrogen) atoms. The van der Waals surface area contributed by atoms with Crippen LogP contribution in [-0.2, 0) is 12.8 Å². The summed E-state index contributed by atoms with van der Waals surface area (Å²) in [5, 5.41) is 10.00. The van der Waals surface area contributed by atoms with Crippen molar-refractivity contribution >= 4 is 33.2 Å². The van der Waals surface area contributed by atoms with Crippen LogP contribution < -0.4 is 5.56 Å². The van der Waals surface area contributed by atoms with Crippen molar-refractivity contribution in [3.05, 3.63) is 62.0 Å².